The summed E-state index contributed by atoms with van der Waals surface area (Å²) in [5, 5.41) is 0. The molecule has 1 aromatic heterocycles. The Labute approximate surface area is 167 Å². The molecule has 4 heteroatoms. The highest BCUT2D eigenvalue weighted by molar-refractivity contribution is 6.03. The van der Waals surface area contributed by atoms with Gasteiger partial charge in [-0.3, -0.25) is 0 Å². The fraction of sp³-hybridized carbons (Fsp3) is 0.500. The molecule has 2 heterocycles. The molecule has 0 spiro atoms. The molecule has 148 valence electrons. The van der Waals surface area contributed by atoms with E-state index in [9.17, 15) is 4.79 Å². The molecule has 0 bridgehead atoms. The van der Waals surface area contributed by atoms with Crippen molar-refractivity contribution < 1.29 is 9.53 Å². The highest BCUT2D eigenvalue weighted by atomic mass is 16.5. The smallest absolute Gasteiger partial charge is 0.342 e. The zero-order valence-electron chi connectivity index (χ0n) is 16.9. The molecule has 1 aromatic carbocycles. The molecule has 0 N–H and O–H groups in total. The third-order valence-electron chi connectivity index (χ3n) is 5.90. The number of carbonyl (C=O) groups is 1. The number of ether oxygens (including phenoxy) is 1. The Hall–Kier alpha value is -2.36. The first-order chi connectivity index (χ1) is 13.8. The van der Waals surface area contributed by atoms with Crippen LogP contribution in [0.15, 0.2) is 30.3 Å². The molecule has 0 unspecified atom stereocenters. The van der Waals surface area contributed by atoms with Crippen LogP contribution in [0.2, 0.25) is 0 Å². The van der Waals surface area contributed by atoms with E-state index in [2.05, 4.69) is 17.0 Å². The summed E-state index contributed by atoms with van der Waals surface area (Å²) in [7, 11) is 0. The van der Waals surface area contributed by atoms with Crippen molar-refractivity contribution in [2.24, 2.45) is 0 Å². The van der Waals surface area contributed by atoms with Crippen LogP contribution in [0.1, 0.15) is 67.1 Å². The van der Waals surface area contributed by atoms with Crippen molar-refractivity contribution in [3.8, 4) is 11.1 Å². The molecule has 0 radical (unpaired) electrons. The lowest BCUT2D eigenvalue weighted by molar-refractivity contribution is 0.0527. The van der Waals surface area contributed by atoms with Crippen LogP contribution in [-0.2, 0) is 17.6 Å². The summed E-state index contributed by atoms with van der Waals surface area (Å²) < 4.78 is 5.54. The van der Waals surface area contributed by atoms with Gasteiger partial charge in [-0.15, -0.1) is 0 Å². The van der Waals surface area contributed by atoms with E-state index >= 15 is 0 Å². The second kappa shape index (κ2) is 8.76. The molecule has 1 fully saturated rings. The lowest BCUT2D eigenvalue weighted by atomic mass is 9.90. The Morgan fingerprint density at radius 2 is 1.71 bits per heavy atom. The highest BCUT2D eigenvalue weighted by Gasteiger charge is 2.29. The van der Waals surface area contributed by atoms with Gasteiger partial charge in [0.05, 0.1) is 6.61 Å². The number of carbonyl (C=O) groups excluding carboxylic acids is 1. The van der Waals surface area contributed by atoms with E-state index in [0.717, 1.165) is 62.1 Å². The van der Waals surface area contributed by atoms with Crippen molar-refractivity contribution in [2.45, 2.75) is 58.3 Å². The molecule has 0 amide bonds. The Balaban J connectivity index is 1.97. The third kappa shape index (κ3) is 3.78. The molecule has 0 atom stereocenters. The van der Waals surface area contributed by atoms with Gasteiger partial charge in [0.2, 0.25) is 0 Å². The SMILES string of the molecule is CCOC(=O)c1c(N2CCCCC2)nc2c(c1-c1ccccc1)CCCCC2. The Kier molecular flexibility index (Phi) is 5.94. The van der Waals surface area contributed by atoms with E-state index in [1.807, 2.05) is 25.1 Å². The summed E-state index contributed by atoms with van der Waals surface area (Å²) in [5.41, 5.74) is 5.28. The average Bonchev–Trinajstić information content (AvgIpc) is 2.99. The number of fused-ring (bicyclic) bond motifs is 1. The summed E-state index contributed by atoms with van der Waals surface area (Å²) >= 11 is 0. The average molecular weight is 379 g/mol. The molecule has 1 aliphatic carbocycles. The molecule has 4 nitrogen and oxygen atoms in total. The van der Waals surface area contributed by atoms with E-state index in [0.29, 0.717) is 12.2 Å². The van der Waals surface area contributed by atoms with Gasteiger partial charge in [-0.2, -0.15) is 0 Å². The summed E-state index contributed by atoms with van der Waals surface area (Å²) in [4.78, 5) is 20.6. The van der Waals surface area contributed by atoms with Crippen molar-refractivity contribution in [3.63, 3.8) is 0 Å². The minimum atomic E-state index is -0.235. The summed E-state index contributed by atoms with van der Waals surface area (Å²) in [6.07, 6.45) is 9.09. The number of aromatic nitrogens is 1. The van der Waals surface area contributed by atoms with Gasteiger partial charge >= 0.3 is 5.97 Å². The fourth-order valence-electron chi connectivity index (χ4n) is 4.56. The van der Waals surface area contributed by atoms with Crippen molar-refractivity contribution in [3.05, 3.63) is 47.2 Å². The largest absolute Gasteiger partial charge is 0.462 e. The lowest BCUT2D eigenvalue weighted by Crippen LogP contribution is -2.32. The van der Waals surface area contributed by atoms with E-state index in [1.165, 1.54) is 30.5 Å². The van der Waals surface area contributed by atoms with Gasteiger partial charge in [0, 0.05) is 24.3 Å². The number of piperidine rings is 1. The maximum absolute atomic E-state index is 13.2. The predicted octanol–water partition coefficient (Wildman–Crippen LogP) is 5.18. The molecule has 28 heavy (non-hydrogen) atoms. The third-order valence-corrected chi connectivity index (χ3v) is 5.90. The fourth-order valence-corrected chi connectivity index (χ4v) is 4.56. The maximum atomic E-state index is 13.2. The number of hydrogen-bond donors (Lipinski definition) is 0. The molecule has 2 aliphatic rings. The normalized spacial score (nSPS) is 17.0. The first kappa shape index (κ1) is 19.0. The van der Waals surface area contributed by atoms with E-state index in [4.69, 9.17) is 9.72 Å². The molecule has 2 aromatic rings. The van der Waals surface area contributed by atoms with Crippen LogP contribution >= 0.6 is 0 Å². The summed E-state index contributed by atoms with van der Waals surface area (Å²) in [6.45, 7) is 4.18. The van der Waals surface area contributed by atoms with E-state index in [-0.39, 0.29) is 5.97 Å². The Morgan fingerprint density at radius 1 is 1.00 bits per heavy atom. The van der Waals surface area contributed by atoms with Gasteiger partial charge in [-0.25, -0.2) is 9.78 Å². The van der Waals surface area contributed by atoms with E-state index in [1.54, 1.807) is 0 Å². The zero-order valence-corrected chi connectivity index (χ0v) is 16.9. The minimum absolute atomic E-state index is 0.235. The molecule has 1 saturated heterocycles. The number of hydrogen-bond acceptors (Lipinski definition) is 4. The van der Waals surface area contributed by atoms with Crippen LogP contribution in [0.25, 0.3) is 11.1 Å². The number of anilines is 1. The monoisotopic (exact) mass is 378 g/mol. The molecule has 4 rings (SSSR count). The van der Waals surface area contributed by atoms with Crippen molar-refractivity contribution in [1.29, 1.82) is 0 Å². The van der Waals surface area contributed by atoms with Crippen LogP contribution in [-0.4, -0.2) is 30.6 Å². The van der Waals surface area contributed by atoms with Crippen molar-refractivity contribution in [1.82, 2.24) is 4.98 Å². The highest BCUT2D eigenvalue weighted by Crippen LogP contribution is 2.38. The van der Waals surface area contributed by atoms with Crippen LogP contribution in [0, 0.1) is 0 Å². The van der Waals surface area contributed by atoms with Crippen LogP contribution in [0.5, 0.6) is 0 Å². The van der Waals surface area contributed by atoms with Gasteiger partial charge in [-0.05, 0) is 63.0 Å². The minimum Gasteiger partial charge on any atom is -0.462 e. The number of nitrogens with zero attached hydrogens (tertiary/aromatic N) is 2. The van der Waals surface area contributed by atoms with Gasteiger partial charge < -0.3 is 9.64 Å². The van der Waals surface area contributed by atoms with Crippen LogP contribution < -0.4 is 4.90 Å². The number of aryl methyl sites for hydroxylation is 1. The second-order valence-electron chi connectivity index (χ2n) is 7.81. The first-order valence-electron chi connectivity index (χ1n) is 10.8. The summed E-state index contributed by atoms with van der Waals surface area (Å²) in [6, 6.07) is 10.4. The molecular formula is C24H30N2O2. The van der Waals surface area contributed by atoms with Crippen LogP contribution in [0.4, 0.5) is 5.82 Å². The van der Waals surface area contributed by atoms with Gasteiger partial charge in [0.25, 0.3) is 0 Å². The van der Waals surface area contributed by atoms with E-state index < -0.39 is 0 Å². The maximum Gasteiger partial charge on any atom is 0.342 e. The van der Waals surface area contributed by atoms with Gasteiger partial charge in [0.1, 0.15) is 11.4 Å². The molecule has 0 saturated carbocycles. The first-order valence-corrected chi connectivity index (χ1v) is 10.8. The van der Waals surface area contributed by atoms with Crippen LogP contribution in [0.3, 0.4) is 0 Å². The number of rotatable bonds is 4. The Morgan fingerprint density at radius 3 is 2.46 bits per heavy atom. The number of esters is 1. The quantitative estimate of drug-likeness (QED) is 0.543. The Bertz CT molecular complexity index is 826. The molecule has 1 aliphatic heterocycles. The lowest BCUT2D eigenvalue weighted by Gasteiger charge is -2.31. The van der Waals surface area contributed by atoms with Gasteiger partial charge in [0.15, 0.2) is 0 Å². The number of benzene rings is 1. The topological polar surface area (TPSA) is 42.4 Å². The van der Waals surface area contributed by atoms with Crippen molar-refractivity contribution >= 4 is 11.8 Å². The standard InChI is InChI=1S/C24H30N2O2/c1-2-28-24(27)22-21(18-12-6-3-7-13-18)19-14-8-4-9-15-20(19)25-23(22)26-16-10-5-11-17-26/h3,6-7,12-13H,2,4-5,8-11,14-17H2,1H3. The zero-order chi connectivity index (χ0) is 19.3. The second-order valence-corrected chi connectivity index (χ2v) is 7.81. The summed E-state index contributed by atoms with van der Waals surface area (Å²) in [5.74, 6) is 0.610. The predicted molar refractivity (Wildman–Crippen MR) is 113 cm³/mol. The number of pyridine rings is 1. The van der Waals surface area contributed by atoms with Crippen molar-refractivity contribution in [2.75, 3.05) is 24.6 Å². The van der Waals surface area contributed by atoms with Gasteiger partial charge in [-0.1, -0.05) is 36.8 Å². The molecular weight excluding hydrogens is 348 g/mol.